The molecule has 0 N–H and O–H groups in total. The van der Waals surface area contributed by atoms with Crippen LogP contribution in [0.3, 0.4) is 0 Å². The van der Waals surface area contributed by atoms with Crippen LogP contribution in [0.1, 0.15) is 31.4 Å². The van der Waals surface area contributed by atoms with Gasteiger partial charge < -0.3 is 9.47 Å². The second-order valence-corrected chi connectivity index (χ2v) is 4.93. The van der Waals surface area contributed by atoms with E-state index in [1.165, 1.54) is 18.5 Å². The average molecular weight is 218 g/mol. The number of fused-ring (bicyclic) bond motifs is 1. The van der Waals surface area contributed by atoms with Crippen LogP contribution in [0.25, 0.3) is 0 Å². The Morgan fingerprint density at radius 3 is 2.88 bits per heavy atom. The van der Waals surface area contributed by atoms with Crippen molar-refractivity contribution in [1.82, 2.24) is 9.47 Å². The zero-order chi connectivity index (χ0) is 11.0. The maximum absolute atomic E-state index is 12.2. The maximum Gasteiger partial charge on any atom is 0.226 e. The van der Waals surface area contributed by atoms with Crippen LogP contribution in [-0.2, 0) is 17.9 Å². The van der Waals surface area contributed by atoms with Gasteiger partial charge in [-0.25, -0.2) is 0 Å². The molecule has 0 saturated heterocycles. The van der Waals surface area contributed by atoms with E-state index in [1.54, 1.807) is 0 Å². The lowest BCUT2D eigenvalue weighted by molar-refractivity contribution is -0.136. The Morgan fingerprint density at radius 1 is 1.25 bits per heavy atom. The zero-order valence-corrected chi connectivity index (χ0v) is 9.56. The van der Waals surface area contributed by atoms with E-state index < -0.39 is 0 Å². The van der Waals surface area contributed by atoms with Gasteiger partial charge in [-0.15, -0.1) is 0 Å². The minimum absolute atomic E-state index is 0.321. The molecular formula is C13H18N2O. The molecule has 1 saturated carbocycles. The molecule has 0 atom stereocenters. The molecule has 0 unspecified atom stereocenters. The quantitative estimate of drug-likeness (QED) is 0.708. The van der Waals surface area contributed by atoms with Gasteiger partial charge in [0.15, 0.2) is 0 Å². The highest BCUT2D eigenvalue weighted by molar-refractivity contribution is 5.79. The first-order chi connectivity index (χ1) is 7.84. The van der Waals surface area contributed by atoms with Crippen molar-refractivity contribution in [2.45, 2.75) is 38.8 Å². The topological polar surface area (TPSA) is 25.2 Å². The summed E-state index contributed by atoms with van der Waals surface area (Å²) >= 11 is 0. The first kappa shape index (κ1) is 9.94. The summed E-state index contributed by atoms with van der Waals surface area (Å²) in [5.41, 5.74) is 1.28. The molecule has 0 bridgehead atoms. The first-order valence-electron chi connectivity index (χ1n) is 6.27. The molecule has 0 radical (unpaired) electrons. The van der Waals surface area contributed by atoms with E-state index in [-0.39, 0.29) is 0 Å². The van der Waals surface area contributed by atoms with Gasteiger partial charge in [0.2, 0.25) is 5.91 Å². The van der Waals surface area contributed by atoms with Crippen LogP contribution in [-0.4, -0.2) is 21.9 Å². The first-order valence-corrected chi connectivity index (χ1v) is 6.27. The molecule has 1 amide bonds. The molecule has 3 nitrogen and oxygen atoms in total. The van der Waals surface area contributed by atoms with Crippen molar-refractivity contribution in [2.24, 2.45) is 5.92 Å². The fourth-order valence-corrected chi connectivity index (χ4v) is 2.93. The predicted molar refractivity (Wildman–Crippen MR) is 61.8 cm³/mol. The number of hydrogen-bond donors (Lipinski definition) is 0. The van der Waals surface area contributed by atoms with Gasteiger partial charge in [-0.05, 0) is 25.0 Å². The molecule has 0 aromatic carbocycles. The second kappa shape index (κ2) is 3.96. The fourth-order valence-electron chi connectivity index (χ4n) is 2.93. The Kier molecular flexibility index (Phi) is 2.46. The van der Waals surface area contributed by atoms with E-state index in [0.717, 1.165) is 32.5 Å². The lowest BCUT2D eigenvalue weighted by atomic mass is 10.1. The summed E-state index contributed by atoms with van der Waals surface area (Å²) in [4.78, 5) is 14.3. The van der Waals surface area contributed by atoms with Gasteiger partial charge in [-0.3, -0.25) is 4.79 Å². The van der Waals surface area contributed by atoms with Gasteiger partial charge in [0.1, 0.15) is 0 Å². The van der Waals surface area contributed by atoms with Gasteiger partial charge in [0.05, 0.1) is 6.54 Å². The van der Waals surface area contributed by atoms with Crippen LogP contribution < -0.4 is 0 Å². The van der Waals surface area contributed by atoms with E-state index >= 15 is 0 Å². The summed E-state index contributed by atoms with van der Waals surface area (Å²) in [5.74, 6) is 0.714. The van der Waals surface area contributed by atoms with E-state index in [0.29, 0.717) is 11.8 Å². The average Bonchev–Trinajstić information content (AvgIpc) is 2.98. The van der Waals surface area contributed by atoms with Crippen LogP contribution >= 0.6 is 0 Å². The summed E-state index contributed by atoms with van der Waals surface area (Å²) in [6, 6.07) is 4.19. The van der Waals surface area contributed by atoms with E-state index in [9.17, 15) is 4.79 Å². The summed E-state index contributed by atoms with van der Waals surface area (Å²) in [7, 11) is 0. The van der Waals surface area contributed by atoms with Crippen molar-refractivity contribution in [3.63, 3.8) is 0 Å². The van der Waals surface area contributed by atoms with Gasteiger partial charge >= 0.3 is 0 Å². The zero-order valence-electron chi connectivity index (χ0n) is 9.56. The van der Waals surface area contributed by atoms with Crippen molar-refractivity contribution in [3.8, 4) is 0 Å². The Morgan fingerprint density at radius 2 is 2.06 bits per heavy atom. The van der Waals surface area contributed by atoms with Crippen molar-refractivity contribution < 1.29 is 4.79 Å². The Balaban J connectivity index is 1.71. The van der Waals surface area contributed by atoms with Crippen LogP contribution in [0.15, 0.2) is 18.3 Å². The standard InChI is InChI=1S/C13H18N2O/c16-13(11-4-1-2-5-11)15-9-8-14-7-3-6-12(14)10-15/h3,6-7,11H,1-2,4-5,8-10H2. The molecule has 1 fully saturated rings. The summed E-state index contributed by atoms with van der Waals surface area (Å²) in [5, 5.41) is 0. The molecule has 2 heterocycles. The molecule has 2 aliphatic rings. The number of aromatic nitrogens is 1. The van der Waals surface area contributed by atoms with E-state index in [1.807, 2.05) is 4.90 Å². The second-order valence-electron chi connectivity index (χ2n) is 4.93. The highest BCUT2D eigenvalue weighted by Crippen LogP contribution is 2.27. The third-order valence-electron chi connectivity index (χ3n) is 3.90. The molecule has 3 rings (SSSR count). The molecule has 86 valence electrons. The third-order valence-corrected chi connectivity index (χ3v) is 3.90. The molecule has 1 aromatic heterocycles. The van der Waals surface area contributed by atoms with Crippen LogP contribution in [0, 0.1) is 5.92 Å². The van der Waals surface area contributed by atoms with Crippen molar-refractivity contribution in [1.29, 1.82) is 0 Å². The minimum Gasteiger partial charge on any atom is -0.348 e. The Hall–Kier alpha value is -1.25. The van der Waals surface area contributed by atoms with Gasteiger partial charge in [0.25, 0.3) is 0 Å². The number of amides is 1. The molecule has 1 aliphatic heterocycles. The predicted octanol–water partition coefficient (Wildman–Crippen LogP) is 2.02. The van der Waals surface area contributed by atoms with E-state index in [4.69, 9.17) is 0 Å². The van der Waals surface area contributed by atoms with Gasteiger partial charge in [0, 0.05) is 30.9 Å². The van der Waals surface area contributed by atoms with Crippen molar-refractivity contribution >= 4 is 5.91 Å². The minimum atomic E-state index is 0.321. The molecule has 3 heteroatoms. The molecule has 16 heavy (non-hydrogen) atoms. The third kappa shape index (κ3) is 1.64. The maximum atomic E-state index is 12.2. The van der Waals surface area contributed by atoms with Gasteiger partial charge in [-0.2, -0.15) is 0 Å². The number of hydrogen-bond acceptors (Lipinski definition) is 1. The summed E-state index contributed by atoms with van der Waals surface area (Å²) in [6.45, 7) is 2.65. The lowest BCUT2D eigenvalue weighted by Crippen LogP contribution is -2.40. The SMILES string of the molecule is O=C(C1CCCC1)N1CCn2cccc2C1. The summed E-state index contributed by atoms with van der Waals surface area (Å²) in [6.07, 6.45) is 6.79. The monoisotopic (exact) mass is 218 g/mol. The molecule has 0 spiro atoms. The van der Waals surface area contributed by atoms with Crippen molar-refractivity contribution in [2.75, 3.05) is 6.54 Å². The van der Waals surface area contributed by atoms with Crippen LogP contribution in [0.4, 0.5) is 0 Å². The normalized spacial score (nSPS) is 21.1. The Bertz CT molecular complexity index is 390. The highest BCUT2D eigenvalue weighted by atomic mass is 16.2. The number of carbonyl (C=O) groups is 1. The Labute approximate surface area is 96.0 Å². The summed E-state index contributed by atoms with van der Waals surface area (Å²) < 4.78 is 2.25. The van der Waals surface area contributed by atoms with Crippen LogP contribution in [0.5, 0.6) is 0 Å². The molecule has 1 aromatic rings. The highest BCUT2D eigenvalue weighted by Gasteiger charge is 2.28. The smallest absolute Gasteiger partial charge is 0.226 e. The number of carbonyl (C=O) groups excluding carboxylic acids is 1. The van der Waals surface area contributed by atoms with Crippen LogP contribution in [0.2, 0.25) is 0 Å². The lowest BCUT2D eigenvalue weighted by Gasteiger charge is -2.30. The van der Waals surface area contributed by atoms with Gasteiger partial charge in [-0.1, -0.05) is 12.8 Å². The molecular weight excluding hydrogens is 200 g/mol. The molecule has 1 aliphatic carbocycles. The van der Waals surface area contributed by atoms with E-state index in [2.05, 4.69) is 22.9 Å². The van der Waals surface area contributed by atoms with Crippen molar-refractivity contribution in [3.05, 3.63) is 24.0 Å². The number of rotatable bonds is 1. The fraction of sp³-hybridized carbons (Fsp3) is 0.615. The number of nitrogens with zero attached hydrogens (tertiary/aromatic N) is 2. The largest absolute Gasteiger partial charge is 0.348 e.